The summed E-state index contributed by atoms with van der Waals surface area (Å²) in [6.07, 6.45) is 0. The van der Waals surface area contributed by atoms with Gasteiger partial charge < -0.3 is 10.5 Å². The Morgan fingerprint density at radius 3 is 2.75 bits per heavy atom. The summed E-state index contributed by atoms with van der Waals surface area (Å²) < 4.78 is 7.38. The second-order valence-corrected chi connectivity index (χ2v) is 4.43. The molecule has 4 heteroatoms. The van der Waals surface area contributed by atoms with Gasteiger partial charge in [-0.05, 0) is 44.0 Å². The van der Waals surface area contributed by atoms with Gasteiger partial charge in [-0.15, -0.1) is 0 Å². The van der Waals surface area contributed by atoms with Crippen molar-refractivity contribution in [3.05, 3.63) is 26.6 Å². The van der Waals surface area contributed by atoms with Gasteiger partial charge in [0.2, 0.25) is 0 Å². The molecule has 1 heterocycles. The number of benzene rings is 1. The second kappa shape index (κ2) is 3.01. The Labute approximate surface area is 87.3 Å². The molecule has 2 rings (SSSR count). The van der Waals surface area contributed by atoms with Crippen LogP contribution in [-0.4, -0.2) is 6.61 Å². The van der Waals surface area contributed by atoms with Crippen molar-refractivity contribution >= 4 is 31.9 Å². The van der Waals surface area contributed by atoms with E-state index >= 15 is 0 Å². The van der Waals surface area contributed by atoms with Crippen molar-refractivity contribution in [2.45, 2.75) is 6.04 Å². The predicted octanol–water partition coefficient (Wildman–Crippen LogP) is 2.60. The average Bonchev–Trinajstić information content (AvgIpc) is 2.35. The molecule has 1 aromatic carbocycles. The lowest BCUT2D eigenvalue weighted by Gasteiger charge is -2.02. The van der Waals surface area contributed by atoms with Crippen molar-refractivity contribution in [3.8, 4) is 5.75 Å². The Hall–Kier alpha value is -0.0600. The van der Waals surface area contributed by atoms with Gasteiger partial charge in [-0.1, -0.05) is 0 Å². The molecule has 0 bridgehead atoms. The highest BCUT2D eigenvalue weighted by molar-refractivity contribution is 9.13. The minimum atomic E-state index is 0.0180. The van der Waals surface area contributed by atoms with E-state index in [0.29, 0.717) is 6.61 Å². The van der Waals surface area contributed by atoms with Crippen LogP contribution in [0.3, 0.4) is 0 Å². The van der Waals surface area contributed by atoms with Crippen molar-refractivity contribution in [1.29, 1.82) is 0 Å². The van der Waals surface area contributed by atoms with Crippen LogP contribution in [0, 0.1) is 0 Å². The summed E-state index contributed by atoms with van der Waals surface area (Å²) >= 11 is 6.82. The first-order valence-corrected chi connectivity index (χ1v) is 5.14. The number of hydrogen-bond donors (Lipinski definition) is 1. The maximum atomic E-state index is 5.80. The molecule has 2 N–H and O–H groups in total. The number of halogens is 2. The van der Waals surface area contributed by atoms with Gasteiger partial charge in [0.05, 0.1) is 6.04 Å². The minimum Gasteiger partial charge on any atom is -0.491 e. The Morgan fingerprint density at radius 1 is 1.33 bits per heavy atom. The summed E-state index contributed by atoms with van der Waals surface area (Å²) in [4.78, 5) is 0. The highest BCUT2D eigenvalue weighted by Crippen LogP contribution is 2.37. The molecule has 0 spiro atoms. The average molecular weight is 293 g/mol. The summed E-state index contributed by atoms with van der Waals surface area (Å²) in [7, 11) is 0. The Morgan fingerprint density at radius 2 is 2.00 bits per heavy atom. The first-order chi connectivity index (χ1) is 5.68. The molecule has 2 nitrogen and oxygen atoms in total. The highest BCUT2D eigenvalue weighted by Gasteiger charge is 2.21. The topological polar surface area (TPSA) is 35.2 Å². The zero-order valence-electron chi connectivity index (χ0n) is 6.18. The lowest BCUT2D eigenvalue weighted by Crippen LogP contribution is -2.10. The number of ether oxygens (including phenoxy) is 1. The molecule has 1 aliphatic heterocycles. The number of hydrogen-bond acceptors (Lipinski definition) is 2. The quantitative estimate of drug-likeness (QED) is 0.798. The van der Waals surface area contributed by atoms with E-state index in [1.54, 1.807) is 0 Å². The monoisotopic (exact) mass is 291 g/mol. The molecule has 0 aliphatic carbocycles. The molecule has 1 aliphatic rings. The van der Waals surface area contributed by atoms with Crippen molar-refractivity contribution < 1.29 is 4.74 Å². The maximum Gasteiger partial charge on any atom is 0.125 e. The van der Waals surface area contributed by atoms with Crippen LogP contribution in [0.5, 0.6) is 5.75 Å². The van der Waals surface area contributed by atoms with Gasteiger partial charge in [0.15, 0.2) is 0 Å². The lowest BCUT2D eigenvalue weighted by molar-refractivity contribution is 0.333. The van der Waals surface area contributed by atoms with Crippen LogP contribution in [0.4, 0.5) is 0 Å². The van der Waals surface area contributed by atoms with Crippen molar-refractivity contribution in [3.63, 3.8) is 0 Å². The summed E-state index contributed by atoms with van der Waals surface area (Å²) in [6, 6.07) is 3.95. The van der Waals surface area contributed by atoms with Gasteiger partial charge >= 0.3 is 0 Å². The zero-order chi connectivity index (χ0) is 8.72. The fraction of sp³-hybridized carbons (Fsp3) is 0.250. The van der Waals surface area contributed by atoms with Gasteiger partial charge in [0.25, 0.3) is 0 Å². The van der Waals surface area contributed by atoms with Gasteiger partial charge in [-0.2, -0.15) is 0 Å². The fourth-order valence-corrected chi connectivity index (χ4v) is 1.91. The van der Waals surface area contributed by atoms with E-state index in [-0.39, 0.29) is 6.04 Å². The fourth-order valence-electron chi connectivity index (χ4n) is 1.23. The molecular weight excluding hydrogens is 286 g/mol. The maximum absolute atomic E-state index is 5.80. The molecule has 1 atom stereocenters. The minimum absolute atomic E-state index is 0.0180. The molecule has 1 aromatic rings. The summed E-state index contributed by atoms with van der Waals surface area (Å²) in [5.41, 5.74) is 6.88. The van der Waals surface area contributed by atoms with E-state index in [1.807, 2.05) is 12.1 Å². The molecular formula is C8H7Br2NO. The Balaban J connectivity index is 2.56. The van der Waals surface area contributed by atoms with Crippen molar-refractivity contribution in [2.75, 3.05) is 6.61 Å². The van der Waals surface area contributed by atoms with Gasteiger partial charge in [0.1, 0.15) is 12.4 Å². The number of rotatable bonds is 0. The Kier molecular flexibility index (Phi) is 2.14. The molecule has 0 fully saturated rings. The zero-order valence-corrected chi connectivity index (χ0v) is 9.35. The lowest BCUT2D eigenvalue weighted by atomic mass is 10.1. The molecule has 0 unspecified atom stereocenters. The highest BCUT2D eigenvalue weighted by atomic mass is 79.9. The van der Waals surface area contributed by atoms with Crippen LogP contribution in [0.25, 0.3) is 0 Å². The third kappa shape index (κ3) is 1.28. The second-order valence-electron chi connectivity index (χ2n) is 2.72. The first-order valence-electron chi connectivity index (χ1n) is 3.56. The van der Waals surface area contributed by atoms with E-state index in [1.165, 1.54) is 0 Å². The predicted molar refractivity (Wildman–Crippen MR) is 54.3 cm³/mol. The van der Waals surface area contributed by atoms with E-state index in [4.69, 9.17) is 10.5 Å². The third-order valence-electron chi connectivity index (χ3n) is 1.87. The first kappa shape index (κ1) is 8.53. The summed E-state index contributed by atoms with van der Waals surface area (Å²) in [5, 5.41) is 0. The molecule has 0 saturated carbocycles. The van der Waals surface area contributed by atoms with Gasteiger partial charge in [0, 0.05) is 14.5 Å². The van der Waals surface area contributed by atoms with E-state index in [2.05, 4.69) is 31.9 Å². The van der Waals surface area contributed by atoms with Crippen molar-refractivity contribution in [1.82, 2.24) is 0 Å². The van der Waals surface area contributed by atoms with E-state index in [9.17, 15) is 0 Å². The molecule has 64 valence electrons. The van der Waals surface area contributed by atoms with Crippen LogP contribution in [0.15, 0.2) is 21.1 Å². The number of nitrogens with two attached hydrogens (primary N) is 1. The molecule has 0 amide bonds. The molecule has 0 saturated heterocycles. The molecule has 0 radical (unpaired) electrons. The van der Waals surface area contributed by atoms with Gasteiger partial charge in [-0.25, -0.2) is 0 Å². The van der Waals surface area contributed by atoms with Crippen LogP contribution in [0.2, 0.25) is 0 Å². The van der Waals surface area contributed by atoms with Crippen LogP contribution >= 0.6 is 31.9 Å². The Bertz CT molecular complexity index is 327. The van der Waals surface area contributed by atoms with Crippen LogP contribution < -0.4 is 10.5 Å². The largest absolute Gasteiger partial charge is 0.491 e. The van der Waals surface area contributed by atoms with E-state index < -0.39 is 0 Å². The molecule has 0 aromatic heterocycles. The standard InChI is InChI=1S/C8H7Br2NO/c9-5-1-4-7(11)3-12-8(4)2-6(5)10/h1-2,7H,3,11H2/t7-/m0/s1. The third-order valence-corrected chi connectivity index (χ3v) is 3.71. The van der Waals surface area contributed by atoms with Gasteiger partial charge in [-0.3, -0.25) is 0 Å². The van der Waals surface area contributed by atoms with Crippen LogP contribution in [-0.2, 0) is 0 Å². The summed E-state index contributed by atoms with van der Waals surface area (Å²) in [5.74, 6) is 0.887. The SMILES string of the molecule is N[C@H]1COc2cc(Br)c(Br)cc21. The van der Waals surface area contributed by atoms with Crippen LogP contribution in [0.1, 0.15) is 11.6 Å². The van der Waals surface area contributed by atoms with Crippen molar-refractivity contribution in [2.24, 2.45) is 5.73 Å². The smallest absolute Gasteiger partial charge is 0.125 e. The molecule has 12 heavy (non-hydrogen) atoms. The van der Waals surface area contributed by atoms with E-state index in [0.717, 1.165) is 20.3 Å². The normalized spacial score (nSPS) is 20.4. The summed E-state index contributed by atoms with van der Waals surface area (Å²) in [6.45, 7) is 0.582. The number of fused-ring (bicyclic) bond motifs is 1.